The lowest BCUT2D eigenvalue weighted by Gasteiger charge is -2.15. The first-order chi connectivity index (χ1) is 9.70. The van der Waals surface area contributed by atoms with Crippen molar-refractivity contribution in [3.63, 3.8) is 0 Å². The molecule has 2 aromatic rings. The number of benzene rings is 2. The SMILES string of the molecule is OC(c1ccc(C(F)(F)F)c(F)c1)c1cc(F)ccc1Br. The summed E-state index contributed by atoms with van der Waals surface area (Å²) < 4.78 is 64.4. The standard InChI is InChI=1S/C14H8BrF5O/c15-11-4-2-8(16)6-9(11)13(21)7-1-3-10(12(17)5-7)14(18,19)20/h1-6,13,21H. The average molecular weight is 367 g/mol. The fourth-order valence-corrected chi connectivity index (χ4v) is 2.30. The van der Waals surface area contributed by atoms with Gasteiger partial charge >= 0.3 is 6.18 Å². The maximum atomic E-state index is 13.5. The Morgan fingerprint density at radius 2 is 1.67 bits per heavy atom. The van der Waals surface area contributed by atoms with Crippen LogP contribution in [0.2, 0.25) is 0 Å². The van der Waals surface area contributed by atoms with E-state index in [1.807, 2.05) is 0 Å². The largest absolute Gasteiger partial charge is 0.419 e. The molecule has 1 unspecified atom stereocenters. The molecule has 0 spiro atoms. The van der Waals surface area contributed by atoms with Gasteiger partial charge in [0.2, 0.25) is 0 Å². The van der Waals surface area contributed by atoms with Crippen molar-refractivity contribution in [1.29, 1.82) is 0 Å². The van der Waals surface area contributed by atoms with Crippen molar-refractivity contribution < 1.29 is 27.1 Å². The second-order valence-corrected chi connectivity index (χ2v) is 5.16. The van der Waals surface area contributed by atoms with E-state index in [1.54, 1.807) is 0 Å². The summed E-state index contributed by atoms with van der Waals surface area (Å²) in [4.78, 5) is 0. The monoisotopic (exact) mass is 366 g/mol. The van der Waals surface area contributed by atoms with Crippen LogP contribution in [-0.4, -0.2) is 5.11 Å². The number of rotatable bonds is 2. The quantitative estimate of drug-likeness (QED) is 0.755. The lowest BCUT2D eigenvalue weighted by molar-refractivity contribution is -0.140. The third-order valence-electron chi connectivity index (χ3n) is 2.87. The first-order valence-electron chi connectivity index (χ1n) is 5.70. The minimum atomic E-state index is -4.81. The molecule has 1 atom stereocenters. The van der Waals surface area contributed by atoms with E-state index in [0.717, 1.165) is 18.2 Å². The summed E-state index contributed by atoms with van der Waals surface area (Å²) in [5, 5.41) is 10.1. The molecule has 0 heterocycles. The number of hydrogen-bond acceptors (Lipinski definition) is 1. The molecule has 0 saturated heterocycles. The molecule has 0 aliphatic heterocycles. The van der Waals surface area contributed by atoms with Crippen molar-refractivity contribution in [1.82, 2.24) is 0 Å². The zero-order valence-electron chi connectivity index (χ0n) is 10.3. The van der Waals surface area contributed by atoms with Crippen LogP contribution < -0.4 is 0 Å². The minimum absolute atomic E-state index is 0.0918. The Morgan fingerprint density at radius 3 is 2.24 bits per heavy atom. The third kappa shape index (κ3) is 3.41. The summed E-state index contributed by atoms with van der Waals surface area (Å²) in [6.45, 7) is 0. The summed E-state index contributed by atoms with van der Waals surface area (Å²) in [6.07, 6.45) is -6.26. The molecule has 0 aliphatic carbocycles. The molecule has 21 heavy (non-hydrogen) atoms. The van der Waals surface area contributed by atoms with Crippen LogP contribution in [-0.2, 0) is 6.18 Å². The maximum absolute atomic E-state index is 13.5. The molecule has 0 amide bonds. The van der Waals surface area contributed by atoms with Gasteiger partial charge in [-0.15, -0.1) is 0 Å². The predicted octanol–water partition coefficient (Wildman–Crippen LogP) is 4.83. The summed E-state index contributed by atoms with van der Waals surface area (Å²) in [5.74, 6) is -2.12. The summed E-state index contributed by atoms with van der Waals surface area (Å²) >= 11 is 3.09. The Balaban J connectivity index is 2.43. The van der Waals surface area contributed by atoms with E-state index in [2.05, 4.69) is 15.9 Å². The van der Waals surface area contributed by atoms with Gasteiger partial charge in [0.05, 0.1) is 5.56 Å². The molecule has 112 valence electrons. The fourth-order valence-electron chi connectivity index (χ4n) is 1.84. The Labute approximate surface area is 125 Å². The molecule has 0 radical (unpaired) electrons. The van der Waals surface area contributed by atoms with E-state index >= 15 is 0 Å². The van der Waals surface area contributed by atoms with Gasteiger partial charge in [-0.2, -0.15) is 13.2 Å². The number of halogens is 6. The van der Waals surface area contributed by atoms with E-state index in [1.165, 1.54) is 6.07 Å². The van der Waals surface area contributed by atoms with Gasteiger partial charge in [-0.1, -0.05) is 22.0 Å². The molecule has 0 bridgehead atoms. The lowest BCUT2D eigenvalue weighted by atomic mass is 10.00. The maximum Gasteiger partial charge on any atom is 0.419 e. The second kappa shape index (κ2) is 5.73. The highest BCUT2D eigenvalue weighted by atomic mass is 79.9. The highest BCUT2D eigenvalue weighted by molar-refractivity contribution is 9.10. The Bertz CT molecular complexity index is 669. The molecule has 0 aromatic heterocycles. The molecule has 1 nitrogen and oxygen atoms in total. The van der Waals surface area contributed by atoms with Gasteiger partial charge in [-0.3, -0.25) is 0 Å². The number of aliphatic hydroxyl groups excluding tert-OH is 1. The molecule has 2 rings (SSSR count). The van der Waals surface area contributed by atoms with Crippen LogP contribution in [0.5, 0.6) is 0 Å². The summed E-state index contributed by atoms with van der Waals surface area (Å²) in [7, 11) is 0. The molecular weight excluding hydrogens is 359 g/mol. The van der Waals surface area contributed by atoms with Crippen molar-refractivity contribution in [3.05, 3.63) is 69.2 Å². The first kappa shape index (κ1) is 15.9. The summed E-state index contributed by atoms with van der Waals surface area (Å²) in [5.41, 5.74) is -1.43. The van der Waals surface area contributed by atoms with Crippen LogP contribution in [0, 0.1) is 11.6 Å². The van der Waals surface area contributed by atoms with Crippen LogP contribution in [0.3, 0.4) is 0 Å². The molecule has 0 aliphatic rings. The molecule has 1 N–H and O–H groups in total. The van der Waals surface area contributed by atoms with E-state index in [9.17, 15) is 27.1 Å². The van der Waals surface area contributed by atoms with Crippen molar-refractivity contribution >= 4 is 15.9 Å². The lowest BCUT2D eigenvalue weighted by Crippen LogP contribution is -2.10. The van der Waals surface area contributed by atoms with Gasteiger partial charge in [0.1, 0.15) is 17.7 Å². The van der Waals surface area contributed by atoms with E-state index in [-0.39, 0.29) is 11.1 Å². The van der Waals surface area contributed by atoms with Gasteiger partial charge in [0.15, 0.2) is 0 Å². The summed E-state index contributed by atoms with van der Waals surface area (Å²) in [6, 6.07) is 5.59. The van der Waals surface area contributed by atoms with Crippen LogP contribution in [0.15, 0.2) is 40.9 Å². The first-order valence-corrected chi connectivity index (χ1v) is 6.49. The van der Waals surface area contributed by atoms with Crippen LogP contribution in [0.1, 0.15) is 22.8 Å². The normalized spacial score (nSPS) is 13.3. The number of hydrogen-bond donors (Lipinski definition) is 1. The number of aliphatic hydroxyl groups is 1. The van der Waals surface area contributed by atoms with E-state index in [0.29, 0.717) is 16.6 Å². The smallest absolute Gasteiger partial charge is 0.384 e. The van der Waals surface area contributed by atoms with Crippen molar-refractivity contribution in [2.45, 2.75) is 12.3 Å². The fraction of sp³-hybridized carbons (Fsp3) is 0.143. The third-order valence-corrected chi connectivity index (χ3v) is 3.59. The van der Waals surface area contributed by atoms with Gasteiger partial charge < -0.3 is 5.11 Å². The zero-order valence-corrected chi connectivity index (χ0v) is 11.8. The van der Waals surface area contributed by atoms with E-state index in [4.69, 9.17) is 0 Å². The number of alkyl halides is 3. The van der Waals surface area contributed by atoms with Crippen molar-refractivity contribution in [2.24, 2.45) is 0 Å². The van der Waals surface area contributed by atoms with Crippen molar-refractivity contribution in [3.8, 4) is 0 Å². The average Bonchev–Trinajstić information content (AvgIpc) is 2.39. The van der Waals surface area contributed by atoms with E-state index < -0.39 is 29.5 Å². The van der Waals surface area contributed by atoms with Crippen LogP contribution in [0.4, 0.5) is 22.0 Å². The minimum Gasteiger partial charge on any atom is -0.384 e. The van der Waals surface area contributed by atoms with Gasteiger partial charge in [0, 0.05) is 10.0 Å². The zero-order chi connectivity index (χ0) is 15.8. The molecule has 0 saturated carbocycles. The van der Waals surface area contributed by atoms with Gasteiger partial charge in [-0.25, -0.2) is 8.78 Å². The van der Waals surface area contributed by atoms with Crippen LogP contribution in [0.25, 0.3) is 0 Å². The van der Waals surface area contributed by atoms with Gasteiger partial charge in [0.25, 0.3) is 0 Å². The molecule has 0 fully saturated rings. The predicted molar refractivity (Wildman–Crippen MR) is 69.6 cm³/mol. The Hall–Kier alpha value is -1.47. The highest BCUT2D eigenvalue weighted by Crippen LogP contribution is 2.34. The van der Waals surface area contributed by atoms with Crippen LogP contribution >= 0.6 is 15.9 Å². The Kier molecular flexibility index (Phi) is 4.34. The second-order valence-electron chi connectivity index (χ2n) is 4.31. The molecule has 7 heteroatoms. The molecular formula is C14H8BrF5O. The van der Waals surface area contributed by atoms with Crippen molar-refractivity contribution in [2.75, 3.05) is 0 Å². The Morgan fingerprint density at radius 1 is 1.00 bits per heavy atom. The molecule has 2 aromatic carbocycles. The highest BCUT2D eigenvalue weighted by Gasteiger charge is 2.34. The topological polar surface area (TPSA) is 20.2 Å². The van der Waals surface area contributed by atoms with Gasteiger partial charge in [-0.05, 0) is 35.9 Å².